The summed E-state index contributed by atoms with van der Waals surface area (Å²) >= 11 is 0. The zero-order chi connectivity index (χ0) is 13.8. The van der Waals surface area contributed by atoms with Gasteiger partial charge in [0.1, 0.15) is 0 Å². The summed E-state index contributed by atoms with van der Waals surface area (Å²) < 4.78 is 0. The molecule has 0 saturated carbocycles. The van der Waals surface area contributed by atoms with Crippen LogP contribution in [0.15, 0.2) is 24.3 Å². The van der Waals surface area contributed by atoms with Gasteiger partial charge in [0.15, 0.2) is 0 Å². The Balaban J connectivity index is 2.42. The Hall–Kier alpha value is -1.51. The molecule has 0 radical (unpaired) electrons. The Morgan fingerprint density at radius 2 is 2.06 bits per heavy atom. The molecule has 1 aromatic carbocycles. The number of nitrogens with two attached hydrogens (primary N) is 1. The van der Waals surface area contributed by atoms with E-state index in [1.165, 1.54) is 0 Å². The van der Waals surface area contributed by atoms with Gasteiger partial charge >= 0.3 is 0 Å². The van der Waals surface area contributed by atoms with Gasteiger partial charge in [-0.25, -0.2) is 0 Å². The molecular weight excluding hydrogens is 224 g/mol. The van der Waals surface area contributed by atoms with Gasteiger partial charge < -0.3 is 11.1 Å². The second-order valence-corrected chi connectivity index (χ2v) is 5.90. The Bertz CT molecular complexity index is 407. The van der Waals surface area contributed by atoms with Crippen LogP contribution in [0.2, 0.25) is 0 Å². The van der Waals surface area contributed by atoms with Gasteiger partial charge in [0.2, 0.25) is 5.91 Å². The third kappa shape index (κ3) is 4.78. The Morgan fingerprint density at radius 1 is 1.39 bits per heavy atom. The zero-order valence-electron chi connectivity index (χ0n) is 11.8. The average Bonchev–Trinajstić information content (AvgIpc) is 2.25. The fourth-order valence-electron chi connectivity index (χ4n) is 1.54. The Labute approximate surface area is 110 Å². The van der Waals surface area contributed by atoms with Crippen LogP contribution >= 0.6 is 0 Å². The quantitative estimate of drug-likeness (QED) is 0.805. The number of carbonyl (C=O) groups is 1. The summed E-state index contributed by atoms with van der Waals surface area (Å²) in [6.45, 7) is 8.40. The highest BCUT2D eigenvalue weighted by molar-refractivity contribution is 5.76. The molecular formula is C15H24N2O. The Kier molecular flexibility index (Phi) is 4.76. The van der Waals surface area contributed by atoms with E-state index in [9.17, 15) is 4.79 Å². The minimum atomic E-state index is 0.0901. The number of nitrogens with one attached hydrogen (secondary N) is 1. The normalized spacial score (nSPS) is 13.1. The maximum Gasteiger partial charge on any atom is 0.220 e. The molecule has 3 nitrogen and oxygen atoms in total. The van der Waals surface area contributed by atoms with E-state index >= 15 is 0 Å². The summed E-state index contributed by atoms with van der Waals surface area (Å²) in [4.78, 5) is 11.8. The summed E-state index contributed by atoms with van der Waals surface area (Å²) in [6, 6.07) is 7.86. The first-order valence-corrected chi connectivity index (χ1v) is 6.43. The van der Waals surface area contributed by atoms with Crippen LogP contribution in [0.4, 0.5) is 5.69 Å². The highest BCUT2D eigenvalue weighted by Gasteiger charge is 2.21. The molecule has 1 aromatic rings. The molecule has 0 aromatic heterocycles. The molecule has 3 heteroatoms. The van der Waals surface area contributed by atoms with Crippen LogP contribution in [0.25, 0.3) is 0 Å². The molecule has 1 unspecified atom stereocenters. The van der Waals surface area contributed by atoms with E-state index in [4.69, 9.17) is 5.73 Å². The number of benzene rings is 1. The molecule has 1 atom stereocenters. The summed E-state index contributed by atoms with van der Waals surface area (Å²) in [5, 5.41) is 3.03. The molecule has 1 rings (SSSR count). The van der Waals surface area contributed by atoms with E-state index in [2.05, 4.69) is 26.1 Å². The first-order chi connectivity index (χ1) is 8.29. The molecule has 0 aliphatic carbocycles. The predicted octanol–water partition coefficient (Wildman–Crippen LogP) is 2.75. The third-order valence-electron chi connectivity index (χ3n) is 3.27. The highest BCUT2D eigenvalue weighted by Crippen LogP contribution is 2.18. The van der Waals surface area contributed by atoms with E-state index in [0.717, 1.165) is 17.7 Å². The summed E-state index contributed by atoms with van der Waals surface area (Å²) in [6.07, 6.45) is 1.23. The Morgan fingerprint density at radius 3 is 2.61 bits per heavy atom. The maximum absolute atomic E-state index is 11.8. The van der Waals surface area contributed by atoms with Crippen molar-refractivity contribution in [2.75, 3.05) is 5.73 Å². The smallest absolute Gasteiger partial charge is 0.220 e. The van der Waals surface area contributed by atoms with Crippen LogP contribution < -0.4 is 11.1 Å². The average molecular weight is 248 g/mol. The number of hydrogen-bond acceptors (Lipinski definition) is 2. The minimum Gasteiger partial charge on any atom is -0.399 e. The molecule has 0 saturated heterocycles. The molecule has 0 heterocycles. The maximum atomic E-state index is 11.8. The van der Waals surface area contributed by atoms with Gasteiger partial charge in [-0.15, -0.1) is 0 Å². The van der Waals surface area contributed by atoms with Crippen LogP contribution in [-0.2, 0) is 11.2 Å². The standard InChI is InChI=1S/C15H24N2O/c1-11(15(2,3)4)17-14(18)9-8-12-6-5-7-13(16)10-12/h5-7,10-11H,8-9,16H2,1-4H3,(H,17,18). The van der Waals surface area contributed by atoms with Crippen LogP contribution in [0.5, 0.6) is 0 Å². The molecule has 0 aliphatic heterocycles. The molecule has 18 heavy (non-hydrogen) atoms. The topological polar surface area (TPSA) is 55.1 Å². The molecule has 0 fully saturated rings. The van der Waals surface area contributed by atoms with E-state index < -0.39 is 0 Å². The fraction of sp³-hybridized carbons (Fsp3) is 0.533. The number of hydrogen-bond donors (Lipinski definition) is 2. The lowest BCUT2D eigenvalue weighted by molar-refractivity contribution is -0.122. The van der Waals surface area contributed by atoms with Crippen molar-refractivity contribution >= 4 is 11.6 Å². The molecule has 1 amide bonds. The van der Waals surface area contributed by atoms with Gasteiger partial charge in [-0.3, -0.25) is 4.79 Å². The molecule has 0 aliphatic rings. The lowest BCUT2D eigenvalue weighted by Crippen LogP contribution is -2.41. The number of amides is 1. The SMILES string of the molecule is CC(NC(=O)CCc1cccc(N)c1)C(C)(C)C. The van der Waals surface area contributed by atoms with Crippen molar-refractivity contribution in [2.45, 2.75) is 46.6 Å². The summed E-state index contributed by atoms with van der Waals surface area (Å²) in [5.41, 5.74) is 7.64. The number of carbonyl (C=O) groups excluding carboxylic acids is 1. The van der Waals surface area contributed by atoms with E-state index in [1.807, 2.05) is 31.2 Å². The van der Waals surface area contributed by atoms with Crippen molar-refractivity contribution in [1.29, 1.82) is 0 Å². The minimum absolute atomic E-state index is 0.0901. The summed E-state index contributed by atoms with van der Waals surface area (Å²) in [7, 11) is 0. The molecule has 100 valence electrons. The molecule has 0 bridgehead atoms. The van der Waals surface area contributed by atoms with Gasteiger partial charge in [-0.1, -0.05) is 32.9 Å². The van der Waals surface area contributed by atoms with Gasteiger partial charge in [0, 0.05) is 18.2 Å². The molecule has 0 spiro atoms. The first-order valence-electron chi connectivity index (χ1n) is 6.43. The first kappa shape index (κ1) is 14.6. The fourth-order valence-corrected chi connectivity index (χ4v) is 1.54. The van der Waals surface area contributed by atoms with Gasteiger partial charge in [-0.2, -0.15) is 0 Å². The van der Waals surface area contributed by atoms with Gasteiger partial charge in [0.05, 0.1) is 0 Å². The zero-order valence-corrected chi connectivity index (χ0v) is 11.8. The van der Waals surface area contributed by atoms with Crippen molar-refractivity contribution in [2.24, 2.45) is 5.41 Å². The van der Waals surface area contributed by atoms with E-state index in [0.29, 0.717) is 6.42 Å². The van der Waals surface area contributed by atoms with Crippen molar-refractivity contribution in [3.05, 3.63) is 29.8 Å². The van der Waals surface area contributed by atoms with Crippen LogP contribution in [0.1, 0.15) is 39.7 Å². The van der Waals surface area contributed by atoms with Crippen molar-refractivity contribution in [3.8, 4) is 0 Å². The van der Waals surface area contributed by atoms with Crippen molar-refractivity contribution in [1.82, 2.24) is 5.32 Å². The van der Waals surface area contributed by atoms with Crippen LogP contribution in [0, 0.1) is 5.41 Å². The van der Waals surface area contributed by atoms with E-state index in [1.54, 1.807) is 0 Å². The largest absolute Gasteiger partial charge is 0.399 e. The molecule has 3 N–H and O–H groups in total. The van der Waals surface area contributed by atoms with Crippen LogP contribution in [0.3, 0.4) is 0 Å². The monoisotopic (exact) mass is 248 g/mol. The van der Waals surface area contributed by atoms with Gasteiger partial charge in [-0.05, 0) is 36.5 Å². The lowest BCUT2D eigenvalue weighted by Gasteiger charge is -2.28. The number of rotatable bonds is 4. The third-order valence-corrected chi connectivity index (χ3v) is 3.27. The number of nitrogen functional groups attached to an aromatic ring is 1. The number of anilines is 1. The predicted molar refractivity (Wildman–Crippen MR) is 76.2 cm³/mol. The van der Waals surface area contributed by atoms with Gasteiger partial charge in [0.25, 0.3) is 0 Å². The van der Waals surface area contributed by atoms with Crippen molar-refractivity contribution < 1.29 is 4.79 Å². The van der Waals surface area contributed by atoms with E-state index in [-0.39, 0.29) is 17.4 Å². The summed E-state index contributed by atoms with van der Waals surface area (Å²) in [5.74, 6) is 0.0971. The second-order valence-electron chi connectivity index (χ2n) is 5.90. The second kappa shape index (κ2) is 5.89. The number of aryl methyl sites for hydroxylation is 1. The van der Waals surface area contributed by atoms with Crippen LogP contribution in [-0.4, -0.2) is 11.9 Å². The van der Waals surface area contributed by atoms with Crippen molar-refractivity contribution in [3.63, 3.8) is 0 Å². The lowest BCUT2D eigenvalue weighted by atomic mass is 9.88. The highest BCUT2D eigenvalue weighted by atomic mass is 16.1.